The molecule has 0 fully saturated rings. The lowest BCUT2D eigenvalue weighted by Crippen LogP contribution is -2.54. The van der Waals surface area contributed by atoms with Crippen molar-refractivity contribution in [3.8, 4) is 33.9 Å². The molecule has 5 aromatic rings. The highest BCUT2D eigenvalue weighted by Gasteiger charge is 2.43. The second-order valence-corrected chi connectivity index (χ2v) is 15.5. The van der Waals surface area contributed by atoms with Gasteiger partial charge in [0.15, 0.2) is 5.82 Å². The molecule has 0 saturated heterocycles. The number of rotatable bonds is 13. The van der Waals surface area contributed by atoms with Gasteiger partial charge >= 0.3 is 12.2 Å². The molecule has 0 radical (unpaired) electrons. The molecule has 5 heterocycles. The van der Waals surface area contributed by atoms with Gasteiger partial charge < -0.3 is 35.0 Å². The molecule has 0 aliphatic carbocycles. The Morgan fingerprint density at radius 1 is 0.902 bits per heavy atom. The summed E-state index contributed by atoms with van der Waals surface area (Å²) in [5.74, 6) is -3.15. The van der Waals surface area contributed by atoms with Gasteiger partial charge in [-0.05, 0) is 42.4 Å². The topological polar surface area (TPSA) is 200 Å². The number of alkyl halides is 2. The van der Waals surface area contributed by atoms with Crippen LogP contribution in [0, 0.1) is 5.92 Å². The lowest BCUT2D eigenvalue weighted by molar-refractivity contribution is -0.142. The first-order chi connectivity index (χ1) is 29.2. The number of aryl methyl sites for hydroxylation is 1. The van der Waals surface area contributed by atoms with E-state index in [1.807, 2.05) is 49.4 Å². The summed E-state index contributed by atoms with van der Waals surface area (Å²) in [6, 6.07) is 10.5. The summed E-state index contributed by atoms with van der Waals surface area (Å²) in [5, 5.41) is 5.21. The molecular weight excluding hydrogens is 791 g/mol. The zero-order valence-electron chi connectivity index (χ0n) is 34.7. The standard InChI is InChI=1S/C43H48F2N10O6/c1-7-23(2)34(53-42(59)61-6)40(57)54(22-43(4,44)45)24(3)36-48-21-32(50-36)29-18-46-37(47-19-29)27-13-11-25(12-14-27)31-20-49-38(51-31)33-17-28-10-8-9-26-15-16-30(52-41(58)60-5)39(56)55(33)35(26)28/h8-14,18-21,23-24,30,33-34H,7,15-17,22H2,1-6H3,(H,48,50)(H,49,51)(H,52,58)(H,53,59)/t23-,24-,30-,33-,34-/m0/s1. The number of hydrogen-bond donors (Lipinski definition) is 4. The molecule has 0 spiro atoms. The van der Waals surface area contributed by atoms with E-state index < -0.39 is 54.7 Å². The largest absolute Gasteiger partial charge is 0.453 e. The minimum absolute atomic E-state index is 0.213. The third-order valence-corrected chi connectivity index (χ3v) is 11.3. The van der Waals surface area contributed by atoms with Crippen molar-refractivity contribution in [2.24, 2.45) is 5.92 Å². The molecule has 61 heavy (non-hydrogen) atoms. The fraction of sp³-hybridized carbons (Fsp3) is 0.395. The number of ether oxygens (including phenoxy) is 2. The van der Waals surface area contributed by atoms with Gasteiger partial charge in [-0.3, -0.25) is 14.5 Å². The molecule has 2 aliphatic heterocycles. The van der Waals surface area contributed by atoms with Crippen molar-refractivity contribution in [3.63, 3.8) is 0 Å². The Kier molecular flexibility index (Phi) is 12.1. The molecule has 2 aromatic carbocycles. The number of imidazole rings is 2. The summed E-state index contributed by atoms with van der Waals surface area (Å²) in [7, 11) is 2.44. The number of aromatic nitrogens is 6. The highest BCUT2D eigenvalue weighted by Crippen LogP contribution is 2.44. The van der Waals surface area contributed by atoms with Gasteiger partial charge in [0.2, 0.25) is 11.8 Å². The maximum absolute atomic E-state index is 14.5. The number of carbonyl (C=O) groups is 4. The molecule has 4 N–H and O–H groups in total. The van der Waals surface area contributed by atoms with Crippen LogP contribution in [0.2, 0.25) is 0 Å². The van der Waals surface area contributed by atoms with Crippen molar-refractivity contribution in [1.82, 2.24) is 45.4 Å². The van der Waals surface area contributed by atoms with Crippen LogP contribution in [0.4, 0.5) is 24.1 Å². The Bertz CT molecular complexity index is 2400. The summed E-state index contributed by atoms with van der Waals surface area (Å²) in [6.07, 6.45) is 7.14. The van der Waals surface area contributed by atoms with E-state index in [0.717, 1.165) is 45.5 Å². The van der Waals surface area contributed by atoms with Gasteiger partial charge in [0.25, 0.3) is 5.92 Å². The maximum atomic E-state index is 14.5. The van der Waals surface area contributed by atoms with E-state index in [1.54, 1.807) is 37.3 Å². The molecule has 3 aromatic heterocycles. The minimum Gasteiger partial charge on any atom is -0.453 e. The number of anilines is 1. The number of amides is 4. The van der Waals surface area contributed by atoms with Crippen LogP contribution >= 0.6 is 0 Å². The van der Waals surface area contributed by atoms with Gasteiger partial charge in [-0.25, -0.2) is 38.3 Å². The van der Waals surface area contributed by atoms with Crippen LogP contribution in [0.5, 0.6) is 0 Å². The third kappa shape index (κ3) is 8.93. The second-order valence-electron chi connectivity index (χ2n) is 15.5. The molecule has 7 rings (SSSR count). The predicted molar refractivity (Wildman–Crippen MR) is 220 cm³/mol. The Balaban J connectivity index is 1.05. The normalized spacial score (nSPS) is 17.4. The first-order valence-electron chi connectivity index (χ1n) is 20.0. The van der Waals surface area contributed by atoms with E-state index in [9.17, 15) is 28.0 Å². The number of alkyl carbamates (subject to hydrolysis) is 2. The fourth-order valence-electron chi connectivity index (χ4n) is 7.85. The number of hydrogen-bond acceptors (Lipinski definition) is 10. The molecule has 16 nitrogen and oxygen atoms in total. The number of methoxy groups -OCH3 is 2. The zero-order chi connectivity index (χ0) is 43.6. The van der Waals surface area contributed by atoms with Crippen LogP contribution < -0.4 is 15.5 Å². The number of H-pyrrole nitrogens is 2. The first-order valence-corrected chi connectivity index (χ1v) is 20.0. The predicted octanol–water partition coefficient (Wildman–Crippen LogP) is 6.54. The lowest BCUT2D eigenvalue weighted by atomic mass is 9.97. The molecule has 2 aliphatic rings. The smallest absolute Gasteiger partial charge is 0.407 e. The van der Waals surface area contributed by atoms with Crippen molar-refractivity contribution >= 4 is 29.7 Å². The number of para-hydroxylation sites is 1. The van der Waals surface area contributed by atoms with E-state index in [1.165, 1.54) is 20.4 Å². The second kappa shape index (κ2) is 17.5. The van der Waals surface area contributed by atoms with Crippen LogP contribution in [0.1, 0.15) is 75.4 Å². The number of benzene rings is 2. The summed E-state index contributed by atoms with van der Waals surface area (Å²) in [4.78, 5) is 79.4. The third-order valence-electron chi connectivity index (χ3n) is 11.3. The minimum atomic E-state index is -3.23. The van der Waals surface area contributed by atoms with E-state index in [2.05, 4.69) is 35.6 Å². The van der Waals surface area contributed by atoms with Crippen molar-refractivity contribution < 1.29 is 37.4 Å². The molecule has 320 valence electrons. The highest BCUT2D eigenvalue weighted by molar-refractivity contribution is 6.02. The number of nitrogens with one attached hydrogen (secondary N) is 4. The van der Waals surface area contributed by atoms with Crippen LogP contribution in [0.15, 0.2) is 67.3 Å². The number of carbonyl (C=O) groups excluding carboxylic acids is 4. The number of nitrogens with zero attached hydrogens (tertiary/aromatic N) is 6. The number of halogens is 2. The molecule has 18 heteroatoms. The van der Waals surface area contributed by atoms with Crippen molar-refractivity contribution in [1.29, 1.82) is 0 Å². The summed E-state index contributed by atoms with van der Waals surface area (Å²) in [5.41, 5.74) is 6.42. The average molecular weight is 839 g/mol. The average Bonchev–Trinajstić information content (AvgIpc) is 4.03. The summed E-state index contributed by atoms with van der Waals surface area (Å²) >= 11 is 0. The Morgan fingerprint density at radius 3 is 2.23 bits per heavy atom. The lowest BCUT2D eigenvalue weighted by Gasteiger charge is -2.35. The van der Waals surface area contributed by atoms with Crippen molar-refractivity contribution in [2.75, 3.05) is 25.7 Å². The maximum Gasteiger partial charge on any atom is 0.407 e. The summed E-state index contributed by atoms with van der Waals surface area (Å²) in [6.45, 7) is 5.00. The van der Waals surface area contributed by atoms with Crippen LogP contribution in [-0.2, 0) is 31.9 Å². The van der Waals surface area contributed by atoms with Gasteiger partial charge in [0.05, 0.1) is 62.3 Å². The molecule has 4 amide bonds. The molecule has 0 unspecified atom stereocenters. The highest BCUT2D eigenvalue weighted by atomic mass is 19.3. The fourth-order valence-corrected chi connectivity index (χ4v) is 7.85. The van der Waals surface area contributed by atoms with E-state index in [4.69, 9.17) is 14.5 Å². The van der Waals surface area contributed by atoms with Gasteiger partial charge in [0.1, 0.15) is 23.7 Å². The molecule has 0 bridgehead atoms. The first kappa shape index (κ1) is 42.4. The number of aromatic amines is 2. The van der Waals surface area contributed by atoms with Crippen molar-refractivity contribution in [2.45, 2.75) is 83.5 Å². The van der Waals surface area contributed by atoms with E-state index in [-0.39, 0.29) is 17.6 Å². The molecule has 5 atom stereocenters. The van der Waals surface area contributed by atoms with Gasteiger partial charge in [-0.1, -0.05) is 62.7 Å². The zero-order valence-corrected chi connectivity index (χ0v) is 34.7. The van der Waals surface area contributed by atoms with Crippen LogP contribution in [-0.4, -0.2) is 97.6 Å². The van der Waals surface area contributed by atoms with Gasteiger partial charge in [-0.15, -0.1) is 0 Å². The molecule has 0 saturated carbocycles. The van der Waals surface area contributed by atoms with Crippen LogP contribution in [0.25, 0.3) is 33.9 Å². The molecular formula is C43H48F2N10O6. The Morgan fingerprint density at radius 2 is 1.56 bits per heavy atom. The van der Waals surface area contributed by atoms with Crippen LogP contribution in [0.3, 0.4) is 0 Å². The quantitative estimate of drug-likeness (QED) is 0.101. The monoisotopic (exact) mass is 838 g/mol. The SMILES string of the molecule is CC[C@H](C)[C@H](NC(=O)OC)C(=O)N(CC(C)(F)F)[C@@H](C)c1ncc(-c2cnc(-c3ccc(-c4cnc([C@@H]5Cc6cccc7c6N5C(=O)[C@@H](NC(=O)OC)CC7)[nH]4)cc3)nc2)[nH]1. The van der Waals surface area contributed by atoms with Gasteiger partial charge in [-0.2, -0.15) is 0 Å². The van der Waals surface area contributed by atoms with E-state index >= 15 is 0 Å². The Hall–Kier alpha value is -6.72. The van der Waals surface area contributed by atoms with Crippen molar-refractivity contribution in [3.05, 3.63) is 90.0 Å². The van der Waals surface area contributed by atoms with E-state index in [0.29, 0.717) is 48.6 Å². The summed E-state index contributed by atoms with van der Waals surface area (Å²) < 4.78 is 38.4. The van der Waals surface area contributed by atoms with Gasteiger partial charge in [0, 0.05) is 36.9 Å². The Labute approximate surface area is 350 Å².